The molecule has 13 amide bonds. The zero-order valence-electron chi connectivity index (χ0n) is 70.1. The number of nitrogens with one attached hydrogen (secondary N) is 6. The van der Waals surface area contributed by atoms with E-state index in [1.165, 1.54) is 98.8 Å². The number of halogens is 1. The number of aryl methyl sites for hydroxylation is 2. The Morgan fingerprint density at radius 1 is 0.571 bits per heavy atom. The van der Waals surface area contributed by atoms with E-state index in [0.717, 1.165) is 21.8 Å². The standard InChI is InChI=1S/C79H125ClN18O13S/c1-24-55-75(108)90(17)42-65(100)92(19)56(35-44(2)3)72(105)88-67(48(10)11)78(111)94(21)57(36-45(4)5)70(103)82-51(14)69(102)83-52(15)74(107)95(22)60(38-47(8)9)77(110)96(23)59(37-46(6)7)76(109)91(18)43-66(101)93(20)58(71(104)86-55)39-49(12)27-25-30-64(99)98-33-31-97(32-34-98)63-40-62(84-53(16)85-63)87-79-81-41-61(112-79)73(106)89-68-50(13)28-26-29-54(68)80/h26,28-29,40-41,44-49,51-52,55-60,67H,24-25,27,30-39,42-43H2,1-23H3,(H,82,103)(H,83,102)(H,86,104)(H,88,105)(H,89,106)(H,81,84,85,87)/t49-,51+,52-,55+,56+,57+,58+,59+,60+,67?/m1/s1. The second-order valence-electron chi connectivity index (χ2n) is 32.3. The molecule has 0 radical (unpaired) electrons. The molecule has 2 aromatic heterocycles. The Labute approximate surface area is 670 Å². The number of para-hydroxylation sites is 1. The molecular weight excluding hydrogens is 1480 g/mol. The van der Waals surface area contributed by atoms with Gasteiger partial charge in [0, 0.05) is 88.0 Å². The summed E-state index contributed by atoms with van der Waals surface area (Å²) in [6, 6.07) is -3.61. The average Bonchev–Trinajstić information content (AvgIpc) is 0.969. The quantitative estimate of drug-likeness (QED) is 0.0677. The fourth-order valence-electron chi connectivity index (χ4n) is 13.7. The first-order valence-corrected chi connectivity index (χ1v) is 40.3. The van der Waals surface area contributed by atoms with Crippen LogP contribution in [0.3, 0.4) is 0 Å². The number of piperazine rings is 1. The number of carbonyl (C=O) groups is 13. The molecule has 1 unspecified atom stereocenters. The molecule has 2 aliphatic rings. The van der Waals surface area contributed by atoms with Crippen LogP contribution < -0.4 is 36.8 Å². The maximum absolute atomic E-state index is 15.0. The first-order valence-electron chi connectivity index (χ1n) is 39.1. The number of hydrogen-bond donors (Lipinski definition) is 6. The highest BCUT2D eigenvalue weighted by atomic mass is 35.5. The predicted molar refractivity (Wildman–Crippen MR) is 433 cm³/mol. The fourth-order valence-corrected chi connectivity index (χ4v) is 14.7. The highest BCUT2D eigenvalue weighted by Crippen LogP contribution is 2.30. The number of nitrogens with zero attached hydrogens (tertiary/aromatic N) is 12. The van der Waals surface area contributed by atoms with Crippen LogP contribution in [0.5, 0.6) is 0 Å². The zero-order valence-corrected chi connectivity index (χ0v) is 71.7. The summed E-state index contributed by atoms with van der Waals surface area (Å²) in [5.74, 6) is -7.51. The minimum absolute atomic E-state index is 0.0440. The lowest BCUT2D eigenvalue weighted by Gasteiger charge is -2.38. The molecule has 1 aromatic carbocycles. The van der Waals surface area contributed by atoms with Crippen LogP contribution >= 0.6 is 22.9 Å². The molecule has 5 rings (SSSR count). The predicted octanol–water partition coefficient (Wildman–Crippen LogP) is 6.34. The number of anilines is 4. The smallest absolute Gasteiger partial charge is 0.267 e. The van der Waals surface area contributed by atoms with Gasteiger partial charge in [0.05, 0.1) is 30.0 Å². The van der Waals surface area contributed by atoms with Gasteiger partial charge in [0.25, 0.3) is 5.91 Å². The van der Waals surface area contributed by atoms with Gasteiger partial charge in [0.1, 0.15) is 76.7 Å². The maximum Gasteiger partial charge on any atom is 0.267 e. The van der Waals surface area contributed by atoms with Crippen molar-refractivity contribution in [3.63, 3.8) is 0 Å². The van der Waals surface area contributed by atoms with Crippen molar-refractivity contribution in [1.82, 2.24) is 75.4 Å². The average molecular weight is 1600 g/mol. The van der Waals surface area contributed by atoms with Crippen molar-refractivity contribution in [2.45, 2.75) is 223 Å². The zero-order chi connectivity index (χ0) is 84.2. The second-order valence-corrected chi connectivity index (χ2v) is 33.7. The largest absolute Gasteiger partial charge is 0.353 e. The van der Waals surface area contributed by atoms with Gasteiger partial charge < -0.3 is 76.0 Å². The number of hydrogen-bond acceptors (Lipinski definition) is 19. The molecule has 3 aromatic rings. The summed E-state index contributed by atoms with van der Waals surface area (Å²) >= 11 is 7.51. The first-order chi connectivity index (χ1) is 52.4. The summed E-state index contributed by atoms with van der Waals surface area (Å²) in [5.41, 5.74) is 1.33. The Morgan fingerprint density at radius 2 is 1.06 bits per heavy atom. The van der Waals surface area contributed by atoms with E-state index in [2.05, 4.69) is 46.8 Å². The summed E-state index contributed by atoms with van der Waals surface area (Å²) in [4.78, 5) is 214. The molecule has 4 heterocycles. The molecule has 2 saturated heterocycles. The van der Waals surface area contributed by atoms with Crippen molar-refractivity contribution >= 4 is 122 Å². The van der Waals surface area contributed by atoms with Gasteiger partial charge in [-0.1, -0.05) is 125 Å². The minimum Gasteiger partial charge on any atom is -0.353 e. The van der Waals surface area contributed by atoms with E-state index < -0.39 is 138 Å². The molecular formula is C79H125ClN18O13S. The number of likely N-dealkylation sites (N-methyl/N-ethyl adjacent to an activating group) is 7. The molecule has 33 heteroatoms. The fraction of sp³-hybridized carbons (Fsp3) is 0.671. The highest BCUT2D eigenvalue weighted by molar-refractivity contribution is 7.17. The van der Waals surface area contributed by atoms with E-state index in [4.69, 9.17) is 16.6 Å². The van der Waals surface area contributed by atoms with Gasteiger partial charge in [0.15, 0.2) is 5.13 Å². The maximum atomic E-state index is 15.0. The molecule has 2 aliphatic heterocycles. The van der Waals surface area contributed by atoms with Gasteiger partial charge >= 0.3 is 0 Å². The number of amides is 13. The van der Waals surface area contributed by atoms with Crippen LogP contribution in [-0.4, -0.2) is 274 Å². The highest BCUT2D eigenvalue weighted by Gasteiger charge is 2.42. The third-order valence-corrected chi connectivity index (χ3v) is 21.8. The minimum atomic E-state index is -1.25. The molecule has 112 heavy (non-hydrogen) atoms. The molecule has 0 saturated carbocycles. The van der Waals surface area contributed by atoms with Crippen LogP contribution in [0.4, 0.5) is 22.5 Å². The molecule has 0 aliphatic carbocycles. The molecule has 6 N–H and O–H groups in total. The van der Waals surface area contributed by atoms with Gasteiger partial charge in [-0.15, -0.1) is 0 Å². The lowest BCUT2D eigenvalue weighted by molar-refractivity contribution is -0.152. The van der Waals surface area contributed by atoms with Gasteiger partial charge in [-0.2, -0.15) is 0 Å². The van der Waals surface area contributed by atoms with Crippen LogP contribution in [0.15, 0.2) is 30.5 Å². The summed E-state index contributed by atoms with van der Waals surface area (Å²) < 4.78 is 0. The number of rotatable bonds is 21. The first kappa shape index (κ1) is 93.5. The number of thiazole rings is 1. The van der Waals surface area contributed by atoms with Crippen molar-refractivity contribution in [2.75, 3.05) is 104 Å². The second kappa shape index (κ2) is 42.7. The normalized spacial score (nSPS) is 22.9. The van der Waals surface area contributed by atoms with Gasteiger partial charge in [-0.3, -0.25) is 62.3 Å². The summed E-state index contributed by atoms with van der Waals surface area (Å²) in [6.45, 7) is 29.1. The lowest BCUT2D eigenvalue weighted by Crippen LogP contribution is -2.60. The van der Waals surface area contributed by atoms with Crippen LogP contribution in [0.1, 0.15) is 176 Å². The molecule has 31 nitrogen and oxygen atoms in total. The number of benzene rings is 1. The van der Waals surface area contributed by atoms with Crippen molar-refractivity contribution in [1.29, 1.82) is 0 Å². The molecule has 622 valence electrons. The van der Waals surface area contributed by atoms with E-state index in [-0.39, 0.29) is 86.3 Å². The van der Waals surface area contributed by atoms with E-state index in [0.29, 0.717) is 77.2 Å². The third kappa shape index (κ3) is 26.3. The van der Waals surface area contributed by atoms with Gasteiger partial charge in [-0.25, -0.2) is 15.0 Å². The van der Waals surface area contributed by atoms with Crippen molar-refractivity contribution in [3.8, 4) is 0 Å². The van der Waals surface area contributed by atoms with Crippen molar-refractivity contribution < 1.29 is 62.3 Å². The Bertz CT molecular complexity index is 3790. The van der Waals surface area contributed by atoms with Crippen molar-refractivity contribution in [3.05, 3.63) is 51.7 Å². The van der Waals surface area contributed by atoms with E-state index in [1.807, 2.05) is 75.3 Å². The summed E-state index contributed by atoms with van der Waals surface area (Å²) in [6.07, 6.45) is 3.18. The number of aromatic nitrogens is 3. The molecule has 10 atom stereocenters. The van der Waals surface area contributed by atoms with Gasteiger partial charge in [-0.05, 0) is 120 Å². The van der Waals surface area contributed by atoms with E-state index in [9.17, 15) is 57.5 Å². The Hall–Kier alpha value is -9.07. The van der Waals surface area contributed by atoms with Crippen LogP contribution in [0, 0.1) is 49.4 Å². The van der Waals surface area contributed by atoms with Gasteiger partial charge in [0.2, 0.25) is 70.9 Å². The van der Waals surface area contributed by atoms with E-state index in [1.54, 1.807) is 50.8 Å². The van der Waals surface area contributed by atoms with Crippen LogP contribution in [0.25, 0.3) is 0 Å². The Kier molecular flexibility index (Phi) is 35.7. The Morgan fingerprint density at radius 3 is 1.61 bits per heavy atom. The van der Waals surface area contributed by atoms with Crippen LogP contribution in [0.2, 0.25) is 5.02 Å². The van der Waals surface area contributed by atoms with Crippen LogP contribution in [-0.2, 0) is 57.5 Å². The Balaban J connectivity index is 1.42. The molecule has 2 fully saturated rings. The summed E-state index contributed by atoms with van der Waals surface area (Å²) in [5, 5.41) is 18.0. The SMILES string of the molecule is CC[C@@H]1NC(=O)[C@H](C[C@H](C)CCCC(=O)N2CCN(c3cc(Nc4ncc(C(=O)Nc5c(C)cccc5Cl)s4)nc(C)n3)CC2)N(C)C(=O)CN(C)C(=O)[C@H](CC(C)C)N(C)C(=O)[C@H](CC(C)C)N(C)C(=O)[C@@H](C)NC(=O)[C@H](C)NC(=O)[C@H](CC(C)C)N(C)C(=O)C(C(C)C)NC(=O)[C@H](CC(C)C)N(C)C(=O)CN(C)C1=O. The molecule has 0 spiro atoms. The molecule has 0 bridgehead atoms. The monoisotopic (exact) mass is 1600 g/mol. The summed E-state index contributed by atoms with van der Waals surface area (Å²) in [7, 11) is 9.99. The topological polar surface area (TPSA) is 362 Å². The third-order valence-electron chi connectivity index (χ3n) is 20.6. The lowest BCUT2D eigenvalue weighted by atomic mass is 9.94. The van der Waals surface area contributed by atoms with Crippen molar-refractivity contribution in [2.24, 2.45) is 35.5 Å². The number of carbonyl (C=O) groups excluding carboxylic acids is 13. The van der Waals surface area contributed by atoms with E-state index >= 15 is 4.79 Å².